The summed E-state index contributed by atoms with van der Waals surface area (Å²) in [4.78, 5) is 0. The van der Waals surface area contributed by atoms with Crippen LogP contribution < -0.4 is 11.1 Å². The van der Waals surface area contributed by atoms with Gasteiger partial charge in [0.2, 0.25) is 0 Å². The molecule has 3 nitrogen and oxygen atoms in total. The predicted octanol–water partition coefficient (Wildman–Crippen LogP) is 1.48. The molecule has 0 heterocycles. The molecule has 0 aliphatic heterocycles. The topological polar surface area (TPSA) is 58.3 Å². The molecule has 0 atom stereocenters. The van der Waals surface area contributed by atoms with Gasteiger partial charge in [-0.25, -0.2) is 0 Å². The lowest BCUT2D eigenvalue weighted by atomic mass is 10.3. The summed E-state index contributed by atoms with van der Waals surface area (Å²) >= 11 is 0. The average molecular weight is 203 g/mol. The fourth-order valence-corrected chi connectivity index (χ4v) is 0.913. The van der Waals surface area contributed by atoms with E-state index in [1.165, 1.54) is 0 Å². The van der Waals surface area contributed by atoms with E-state index in [9.17, 15) is 0 Å². The molecule has 0 aliphatic rings. The van der Waals surface area contributed by atoms with E-state index in [0.29, 0.717) is 0 Å². The maximum Gasteiger partial charge on any atom is 0.0447 e. The number of anilines is 2. The van der Waals surface area contributed by atoms with Crippen LogP contribution in [0.25, 0.3) is 0 Å². The van der Waals surface area contributed by atoms with Gasteiger partial charge in [-0.3, -0.25) is 0 Å². The number of nitrogens with one attached hydrogen (secondary N) is 1. The van der Waals surface area contributed by atoms with Crippen molar-refractivity contribution in [2.45, 2.75) is 6.42 Å². The number of aliphatic hydroxyl groups excluding tert-OH is 1. The number of halogens is 1. The van der Waals surface area contributed by atoms with Crippen LogP contribution in [-0.2, 0) is 0 Å². The Morgan fingerprint density at radius 1 is 1.23 bits per heavy atom. The second-order valence-corrected chi connectivity index (χ2v) is 2.63. The molecule has 0 saturated carbocycles. The van der Waals surface area contributed by atoms with E-state index in [-0.39, 0.29) is 19.0 Å². The molecule has 74 valence electrons. The van der Waals surface area contributed by atoms with Crippen LogP contribution in [0.15, 0.2) is 24.3 Å². The van der Waals surface area contributed by atoms with Crippen molar-refractivity contribution in [3.63, 3.8) is 0 Å². The molecular weight excluding hydrogens is 188 g/mol. The molecule has 0 unspecified atom stereocenters. The highest BCUT2D eigenvalue weighted by molar-refractivity contribution is 5.85. The van der Waals surface area contributed by atoms with Gasteiger partial charge in [-0.2, -0.15) is 0 Å². The van der Waals surface area contributed by atoms with Crippen molar-refractivity contribution in [2.75, 3.05) is 24.2 Å². The summed E-state index contributed by atoms with van der Waals surface area (Å²) in [6.45, 7) is 1.02. The predicted molar refractivity (Wildman–Crippen MR) is 58.3 cm³/mol. The highest BCUT2D eigenvalue weighted by Gasteiger charge is 1.89. The maximum absolute atomic E-state index is 8.53. The van der Waals surface area contributed by atoms with Crippen LogP contribution in [0.4, 0.5) is 11.4 Å². The molecule has 0 aromatic heterocycles. The van der Waals surface area contributed by atoms with Gasteiger partial charge in [0.05, 0.1) is 0 Å². The summed E-state index contributed by atoms with van der Waals surface area (Å²) in [7, 11) is 0. The molecule has 4 N–H and O–H groups in total. The second kappa shape index (κ2) is 6.57. The van der Waals surface area contributed by atoms with E-state index in [4.69, 9.17) is 10.8 Å². The number of nitrogen functional groups attached to an aromatic ring is 1. The lowest BCUT2D eigenvalue weighted by Gasteiger charge is -2.04. The quantitative estimate of drug-likeness (QED) is 0.512. The summed E-state index contributed by atoms with van der Waals surface area (Å²) in [5.74, 6) is 0. The Hall–Kier alpha value is -0.930. The van der Waals surface area contributed by atoms with Crippen LogP contribution >= 0.6 is 12.4 Å². The maximum atomic E-state index is 8.53. The van der Waals surface area contributed by atoms with Crippen LogP contribution in [0.5, 0.6) is 0 Å². The van der Waals surface area contributed by atoms with Gasteiger partial charge in [0.15, 0.2) is 0 Å². The molecule has 0 aliphatic carbocycles. The number of hydrogen-bond acceptors (Lipinski definition) is 3. The third kappa shape index (κ3) is 4.60. The summed E-state index contributed by atoms with van der Waals surface area (Å²) < 4.78 is 0. The van der Waals surface area contributed by atoms with E-state index >= 15 is 0 Å². The Morgan fingerprint density at radius 3 is 2.38 bits per heavy atom. The minimum absolute atomic E-state index is 0. The first-order valence-electron chi connectivity index (χ1n) is 4.03. The molecule has 1 aromatic carbocycles. The Kier molecular flexibility index (Phi) is 6.10. The number of nitrogens with two attached hydrogens (primary N) is 1. The van der Waals surface area contributed by atoms with Crippen molar-refractivity contribution < 1.29 is 5.11 Å². The zero-order valence-electron chi connectivity index (χ0n) is 7.36. The summed E-state index contributed by atoms with van der Waals surface area (Å²) in [5, 5.41) is 11.7. The van der Waals surface area contributed by atoms with Gasteiger partial charge in [0.1, 0.15) is 0 Å². The molecule has 0 bridgehead atoms. The lowest BCUT2D eigenvalue weighted by Crippen LogP contribution is -2.03. The van der Waals surface area contributed by atoms with E-state index in [1.807, 2.05) is 24.3 Å². The molecule has 0 fully saturated rings. The van der Waals surface area contributed by atoms with Crippen LogP contribution in [0.1, 0.15) is 6.42 Å². The summed E-state index contributed by atoms with van der Waals surface area (Å²) in [5.41, 5.74) is 7.32. The van der Waals surface area contributed by atoms with E-state index in [0.717, 1.165) is 24.3 Å². The van der Waals surface area contributed by atoms with Crippen LogP contribution in [0, 0.1) is 0 Å². The minimum Gasteiger partial charge on any atom is -0.399 e. The Morgan fingerprint density at radius 2 is 1.85 bits per heavy atom. The first-order valence-corrected chi connectivity index (χ1v) is 4.03. The Bertz CT molecular complexity index is 226. The number of aliphatic hydroxyl groups is 1. The molecule has 1 rings (SSSR count). The van der Waals surface area contributed by atoms with E-state index in [2.05, 4.69) is 5.32 Å². The van der Waals surface area contributed by atoms with Gasteiger partial charge in [-0.1, -0.05) is 0 Å². The average Bonchev–Trinajstić information content (AvgIpc) is 2.09. The SMILES string of the molecule is Cl.Nc1ccc(NCCCO)cc1. The van der Waals surface area contributed by atoms with Crippen LogP contribution in [0.2, 0.25) is 0 Å². The van der Waals surface area contributed by atoms with Gasteiger partial charge in [-0.05, 0) is 30.7 Å². The molecule has 4 heteroatoms. The van der Waals surface area contributed by atoms with Gasteiger partial charge in [0, 0.05) is 24.5 Å². The third-order valence-electron chi connectivity index (χ3n) is 1.57. The van der Waals surface area contributed by atoms with Gasteiger partial charge < -0.3 is 16.2 Å². The molecule has 0 radical (unpaired) electrons. The number of rotatable bonds is 4. The fourth-order valence-electron chi connectivity index (χ4n) is 0.913. The minimum atomic E-state index is 0. The third-order valence-corrected chi connectivity index (χ3v) is 1.57. The monoisotopic (exact) mass is 202 g/mol. The lowest BCUT2D eigenvalue weighted by molar-refractivity contribution is 0.292. The Labute approximate surface area is 84.4 Å². The van der Waals surface area contributed by atoms with Crippen LogP contribution in [-0.4, -0.2) is 18.3 Å². The standard InChI is InChI=1S/C9H14N2O.ClH/c10-8-2-4-9(5-3-8)11-6-1-7-12;/h2-5,11-12H,1,6-7,10H2;1H. The molecular formula is C9H15ClN2O. The van der Waals surface area contributed by atoms with Gasteiger partial charge >= 0.3 is 0 Å². The smallest absolute Gasteiger partial charge is 0.0447 e. The van der Waals surface area contributed by atoms with Crippen molar-refractivity contribution in [2.24, 2.45) is 0 Å². The first kappa shape index (κ1) is 12.1. The van der Waals surface area contributed by atoms with Crippen molar-refractivity contribution in [1.29, 1.82) is 0 Å². The fraction of sp³-hybridized carbons (Fsp3) is 0.333. The first-order chi connectivity index (χ1) is 5.83. The number of benzene rings is 1. The zero-order chi connectivity index (χ0) is 8.81. The Balaban J connectivity index is 0.00000144. The van der Waals surface area contributed by atoms with E-state index in [1.54, 1.807) is 0 Å². The molecule has 13 heavy (non-hydrogen) atoms. The highest BCUT2D eigenvalue weighted by Crippen LogP contribution is 2.09. The van der Waals surface area contributed by atoms with Crippen molar-refractivity contribution >= 4 is 23.8 Å². The normalized spacial score (nSPS) is 9.00. The molecule has 0 saturated heterocycles. The highest BCUT2D eigenvalue weighted by atomic mass is 35.5. The largest absolute Gasteiger partial charge is 0.399 e. The molecule has 0 amide bonds. The van der Waals surface area contributed by atoms with E-state index < -0.39 is 0 Å². The second-order valence-electron chi connectivity index (χ2n) is 2.63. The summed E-state index contributed by atoms with van der Waals surface area (Å²) in [6.07, 6.45) is 0.768. The van der Waals surface area contributed by atoms with Gasteiger partial charge in [-0.15, -0.1) is 12.4 Å². The summed E-state index contributed by atoms with van der Waals surface area (Å²) in [6, 6.07) is 7.54. The van der Waals surface area contributed by atoms with Crippen molar-refractivity contribution in [1.82, 2.24) is 0 Å². The van der Waals surface area contributed by atoms with Gasteiger partial charge in [0.25, 0.3) is 0 Å². The zero-order valence-corrected chi connectivity index (χ0v) is 8.18. The molecule has 0 spiro atoms. The number of hydrogen-bond donors (Lipinski definition) is 3. The molecule has 1 aromatic rings. The van der Waals surface area contributed by atoms with Crippen molar-refractivity contribution in [3.05, 3.63) is 24.3 Å². The van der Waals surface area contributed by atoms with Crippen molar-refractivity contribution in [3.8, 4) is 0 Å². The van der Waals surface area contributed by atoms with Crippen LogP contribution in [0.3, 0.4) is 0 Å².